The molecule has 1 unspecified atom stereocenters. The second-order valence-corrected chi connectivity index (χ2v) is 5.23. The van der Waals surface area contributed by atoms with E-state index >= 15 is 0 Å². The van der Waals surface area contributed by atoms with Crippen molar-refractivity contribution >= 4 is 34.7 Å². The maximum absolute atomic E-state index is 5.81. The third-order valence-corrected chi connectivity index (χ3v) is 3.68. The molecule has 0 aliphatic rings. The van der Waals surface area contributed by atoms with Crippen LogP contribution in [0.3, 0.4) is 0 Å². The van der Waals surface area contributed by atoms with Crippen LogP contribution in [-0.4, -0.2) is 44.7 Å². The number of benzene rings is 1. The van der Waals surface area contributed by atoms with E-state index in [9.17, 15) is 0 Å². The Bertz CT molecular complexity index is 427. The highest BCUT2D eigenvalue weighted by Gasteiger charge is 2.12. The summed E-state index contributed by atoms with van der Waals surface area (Å²) in [6, 6.07) is 5.95. The van der Waals surface area contributed by atoms with Gasteiger partial charge in [-0.3, -0.25) is 0 Å². The molecule has 0 heterocycles. The predicted octanol–water partition coefficient (Wildman–Crippen LogP) is 2.12. The molecular formula is C13H20N2O2S2. The second-order valence-electron chi connectivity index (χ2n) is 3.94. The van der Waals surface area contributed by atoms with Gasteiger partial charge in [0.25, 0.3) is 0 Å². The van der Waals surface area contributed by atoms with Gasteiger partial charge in [-0.2, -0.15) is 0 Å². The van der Waals surface area contributed by atoms with E-state index in [1.165, 1.54) is 0 Å². The average Bonchev–Trinajstić information content (AvgIpc) is 2.42. The maximum Gasteiger partial charge on any atom is 0.107 e. The van der Waals surface area contributed by atoms with Crippen molar-refractivity contribution < 1.29 is 9.47 Å². The fourth-order valence-corrected chi connectivity index (χ4v) is 2.65. The van der Waals surface area contributed by atoms with Crippen molar-refractivity contribution in [1.29, 1.82) is 0 Å². The predicted molar refractivity (Wildman–Crippen MR) is 85.3 cm³/mol. The number of nitrogens with one attached hydrogen (secondary N) is 1. The Morgan fingerprint density at radius 3 is 2.74 bits per heavy atom. The van der Waals surface area contributed by atoms with Crippen LogP contribution in [0, 0.1) is 0 Å². The molecule has 3 N–H and O–H groups in total. The Labute approximate surface area is 124 Å². The molecule has 6 heteroatoms. The van der Waals surface area contributed by atoms with Gasteiger partial charge in [-0.15, -0.1) is 11.8 Å². The van der Waals surface area contributed by atoms with Crippen LogP contribution in [0.15, 0.2) is 23.1 Å². The third kappa shape index (κ3) is 4.65. The molecule has 1 aromatic carbocycles. The number of anilines is 1. The maximum atomic E-state index is 5.81. The average molecular weight is 300 g/mol. The molecule has 0 aliphatic heterocycles. The molecule has 0 saturated heterocycles. The molecule has 0 amide bonds. The highest BCUT2D eigenvalue weighted by Crippen LogP contribution is 2.27. The van der Waals surface area contributed by atoms with Crippen LogP contribution in [-0.2, 0) is 9.47 Å². The SMILES string of the molecule is COCC(CNc1cccc(SC)c1C(N)=S)OC. The fraction of sp³-hybridized carbons (Fsp3) is 0.462. The number of thioether (sulfide) groups is 1. The molecule has 4 nitrogen and oxygen atoms in total. The minimum Gasteiger partial charge on any atom is -0.389 e. The molecular weight excluding hydrogens is 280 g/mol. The Morgan fingerprint density at radius 1 is 1.47 bits per heavy atom. The smallest absolute Gasteiger partial charge is 0.107 e. The lowest BCUT2D eigenvalue weighted by molar-refractivity contribution is 0.0365. The van der Waals surface area contributed by atoms with E-state index in [1.807, 2.05) is 24.5 Å². The minimum atomic E-state index is -0.0119. The number of hydrogen-bond acceptors (Lipinski definition) is 5. The van der Waals surface area contributed by atoms with Gasteiger partial charge in [0.2, 0.25) is 0 Å². The number of methoxy groups -OCH3 is 2. The van der Waals surface area contributed by atoms with Gasteiger partial charge >= 0.3 is 0 Å². The van der Waals surface area contributed by atoms with Gasteiger partial charge in [-0.25, -0.2) is 0 Å². The summed E-state index contributed by atoms with van der Waals surface area (Å²) < 4.78 is 10.4. The van der Waals surface area contributed by atoms with Crippen LogP contribution >= 0.6 is 24.0 Å². The largest absolute Gasteiger partial charge is 0.389 e. The Morgan fingerprint density at radius 2 is 2.21 bits per heavy atom. The zero-order chi connectivity index (χ0) is 14.3. The van der Waals surface area contributed by atoms with Gasteiger partial charge in [0, 0.05) is 36.9 Å². The van der Waals surface area contributed by atoms with Crippen molar-refractivity contribution in [3.8, 4) is 0 Å². The molecule has 0 fully saturated rings. The first kappa shape index (κ1) is 16.2. The summed E-state index contributed by atoms with van der Waals surface area (Å²) in [6.45, 7) is 1.17. The van der Waals surface area contributed by atoms with Crippen molar-refractivity contribution in [3.63, 3.8) is 0 Å². The standard InChI is InChI=1S/C13H20N2O2S2/c1-16-8-9(17-2)7-15-10-5-4-6-11(19-3)12(10)13(14)18/h4-6,9,15H,7-8H2,1-3H3,(H2,14,18). The van der Waals surface area contributed by atoms with Crippen molar-refractivity contribution in [3.05, 3.63) is 23.8 Å². The van der Waals surface area contributed by atoms with Crippen LogP contribution in [0.1, 0.15) is 5.56 Å². The zero-order valence-electron chi connectivity index (χ0n) is 11.4. The van der Waals surface area contributed by atoms with Gasteiger partial charge in [-0.05, 0) is 18.4 Å². The molecule has 106 valence electrons. The summed E-state index contributed by atoms with van der Waals surface area (Å²) in [4.78, 5) is 1.46. The topological polar surface area (TPSA) is 56.5 Å². The monoisotopic (exact) mass is 300 g/mol. The highest BCUT2D eigenvalue weighted by atomic mass is 32.2. The molecule has 0 aliphatic carbocycles. The number of hydrogen-bond donors (Lipinski definition) is 2. The van der Waals surface area contributed by atoms with E-state index in [4.69, 9.17) is 27.4 Å². The van der Waals surface area contributed by atoms with Gasteiger partial charge < -0.3 is 20.5 Å². The zero-order valence-corrected chi connectivity index (χ0v) is 13.1. The van der Waals surface area contributed by atoms with Crippen molar-refractivity contribution in [2.24, 2.45) is 5.73 Å². The Kier molecular flexibility index (Phi) is 7.15. The molecule has 0 bridgehead atoms. The van der Waals surface area contributed by atoms with Gasteiger partial charge in [0.15, 0.2) is 0 Å². The number of nitrogens with two attached hydrogens (primary N) is 1. The lowest BCUT2D eigenvalue weighted by Crippen LogP contribution is -2.27. The summed E-state index contributed by atoms with van der Waals surface area (Å²) in [5.41, 5.74) is 7.63. The first-order chi connectivity index (χ1) is 9.13. The van der Waals surface area contributed by atoms with E-state index in [-0.39, 0.29) is 6.10 Å². The van der Waals surface area contributed by atoms with E-state index < -0.39 is 0 Å². The van der Waals surface area contributed by atoms with Crippen molar-refractivity contribution in [2.45, 2.75) is 11.0 Å². The first-order valence-electron chi connectivity index (χ1n) is 5.86. The van der Waals surface area contributed by atoms with Gasteiger partial charge in [0.05, 0.1) is 12.7 Å². The summed E-state index contributed by atoms with van der Waals surface area (Å²) >= 11 is 6.76. The molecule has 1 aromatic rings. The van der Waals surface area contributed by atoms with E-state index in [0.29, 0.717) is 18.1 Å². The van der Waals surface area contributed by atoms with E-state index in [0.717, 1.165) is 16.1 Å². The number of thiocarbonyl (C=S) groups is 1. The van der Waals surface area contributed by atoms with Crippen LogP contribution in [0.25, 0.3) is 0 Å². The van der Waals surface area contributed by atoms with Gasteiger partial charge in [0.1, 0.15) is 4.99 Å². The number of rotatable bonds is 8. The molecule has 0 aromatic heterocycles. The fourth-order valence-electron chi connectivity index (χ4n) is 1.72. The molecule has 1 atom stereocenters. The normalized spacial score (nSPS) is 12.2. The third-order valence-electron chi connectivity index (χ3n) is 2.70. The molecule has 0 saturated carbocycles. The lowest BCUT2D eigenvalue weighted by Gasteiger charge is -2.18. The van der Waals surface area contributed by atoms with Crippen molar-refractivity contribution in [2.75, 3.05) is 38.9 Å². The summed E-state index contributed by atoms with van der Waals surface area (Å²) in [7, 11) is 3.32. The summed E-state index contributed by atoms with van der Waals surface area (Å²) in [5, 5.41) is 3.32. The van der Waals surface area contributed by atoms with Crippen LogP contribution in [0.5, 0.6) is 0 Å². The summed E-state index contributed by atoms with van der Waals surface area (Å²) in [5.74, 6) is 0. The second kappa shape index (κ2) is 8.37. The van der Waals surface area contributed by atoms with E-state index in [1.54, 1.807) is 26.0 Å². The van der Waals surface area contributed by atoms with Crippen LogP contribution < -0.4 is 11.1 Å². The van der Waals surface area contributed by atoms with Gasteiger partial charge in [-0.1, -0.05) is 18.3 Å². The highest BCUT2D eigenvalue weighted by molar-refractivity contribution is 7.98. The molecule has 0 spiro atoms. The molecule has 0 radical (unpaired) electrons. The summed E-state index contributed by atoms with van der Waals surface area (Å²) in [6.07, 6.45) is 1.99. The minimum absolute atomic E-state index is 0.0119. The molecule has 19 heavy (non-hydrogen) atoms. The number of ether oxygens (including phenoxy) is 2. The van der Waals surface area contributed by atoms with Crippen LogP contribution in [0.2, 0.25) is 0 Å². The molecule has 1 rings (SSSR count). The Balaban J connectivity index is 2.85. The van der Waals surface area contributed by atoms with Crippen molar-refractivity contribution in [1.82, 2.24) is 0 Å². The van der Waals surface area contributed by atoms with Crippen LogP contribution in [0.4, 0.5) is 5.69 Å². The Hall–Kier alpha value is -0.820. The lowest BCUT2D eigenvalue weighted by atomic mass is 10.1. The van der Waals surface area contributed by atoms with E-state index in [2.05, 4.69) is 5.32 Å². The first-order valence-corrected chi connectivity index (χ1v) is 7.49. The quantitative estimate of drug-likeness (QED) is 0.566.